The molecule has 3 N–H and O–H groups in total. The smallest absolute Gasteiger partial charge is 0.220 e. The van der Waals surface area contributed by atoms with Gasteiger partial charge in [0.2, 0.25) is 5.91 Å². The predicted molar refractivity (Wildman–Crippen MR) is 53.3 cm³/mol. The van der Waals surface area contributed by atoms with E-state index in [1.165, 1.54) is 19.3 Å². The molecule has 0 atom stereocenters. The fourth-order valence-electron chi connectivity index (χ4n) is 1.38. The highest BCUT2D eigenvalue weighted by molar-refractivity contribution is 5.75. The van der Waals surface area contributed by atoms with E-state index in [1.54, 1.807) is 0 Å². The van der Waals surface area contributed by atoms with Crippen molar-refractivity contribution in [3.05, 3.63) is 0 Å². The van der Waals surface area contributed by atoms with Gasteiger partial charge in [-0.15, -0.1) is 0 Å². The number of carbonyl (C=O) groups excluding carboxylic acids is 1. The van der Waals surface area contributed by atoms with Crippen LogP contribution in [0.2, 0.25) is 0 Å². The molecule has 0 radical (unpaired) electrons. The summed E-state index contributed by atoms with van der Waals surface area (Å²) in [6.07, 6.45) is 6.62. The second kappa shape index (κ2) is 5.97. The van der Waals surface area contributed by atoms with Crippen LogP contribution in [0.25, 0.3) is 0 Å². The Morgan fingerprint density at radius 1 is 1.38 bits per heavy atom. The third-order valence-corrected chi connectivity index (χ3v) is 2.42. The first-order valence-electron chi connectivity index (χ1n) is 5.29. The maximum Gasteiger partial charge on any atom is 0.220 e. The van der Waals surface area contributed by atoms with Crippen molar-refractivity contribution in [3.8, 4) is 0 Å². The van der Waals surface area contributed by atoms with Gasteiger partial charge >= 0.3 is 0 Å². The number of hydrogen-bond acceptors (Lipinski definition) is 2. The van der Waals surface area contributed by atoms with E-state index < -0.39 is 0 Å². The van der Waals surface area contributed by atoms with Crippen molar-refractivity contribution < 1.29 is 4.79 Å². The Bertz CT molecular complexity index is 155. The predicted octanol–water partition coefficient (Wildman–Crippen LogP) is 1.03. The Morgan fingerprint density at radius 2 is 2.15 bits per heavy atom. The Balaban J connectivity index is 1.82. The molecule has 0 aromatic rings. The summed E-state index contributed by atoms with van der Waals surface area (Å²) in [5.41, 5.74) is 5.30. The summed E-state index contributed by atoms with van der Waals surface area (Å²) in [5, 5.41) is 2.91. The number of rotatable bonds is 7. The Morgan fingerprint density at radius 3 is 2.77 bits per heavy atom. The number of carbonyl (C=O) groups is 1. The lowest BCUT2D eigenvalue weighted by Crippen LogP contribution is -2.24. The lowest BCUT2D eigenvalue weighted by Gasteiger charge is -2.03. The summed E-state index contributed by atoms with van der Waals surface area (Å²) >= 11 is 0. The summed E-state index contributed by atoms with van der Waals surface area (Å²) < 4.78 is 0. The van der Waals surface area contributed by atoms with E-state index in [1.807, 2.05) is 0 Å². The first-order chi connectivity index (χ1) is 6.33. The van der Waals surface area contributed by atoms with Crippen LogP contribution < -0.4 is 11.1 Å². The minimum atomic E-state index is 0.154. The largest absolute Gasteiger partial charge is 0.356 e. The van der Waals surface area contributed by atoms with E-state index in [9.17, 15) is 4.79 Å². The van der Waals surface area contributed by atoms with Crippen LogP contribution in [-0.2, 0) is 4.79 Å². The monoisotopic (exact) mass is 184 g/mol. The van der Waals surface area contributed by atoms with Gasteiger partial charge in [0.25, 0.3) is 0 Å². The van der Waals surface area contributed by atoms with Crippen LogP contribution in [0.4, 0.5) is 0 Å². The molecule has 0 bridgehead atoms. The van der Waals surface area contributed by atoms with Crippen molar-refractivity contribution in [1.29, 1.82) is 0 Å². The number of hydrogen-bond donors (Lipinski definition) is 2. The molecule has 1 aliphatic rings. The summed E-state index contributed by atoms with van der Waals surface area (Å²) in [7, 11) is 0. The molecule has 0 unspecified atom stereocenters. The maximum absolute atomic E-state index is 11.1. The number of amides is 1. The number of nitrogens with two attached hydrogens (primary N) is 1. The zero-order chi connectivity index (χ0) is 9.52. The highest BCUT2D eigenvalue weighted by Crippen LogP contribution is 2.33. The molecule has 1 aliphatic carbocycles. The second-order valence-electron chi connectivity index (χ2n) is 3.83. The highest BCUT2D eigenvalue weighted by atomic mass is 16.1. The molecule has 0 aromatic heterocycles. The Hall–Kier alpha value is -0.570. The fourth-order valence-corrected chi connectivity index (χ4v) is 1.38. The molecule has 1 rings (SSSR count). The summed E-state index contributed by atoms with van der Waals surface area (Å²) in [6, 6.07) is 0. The van der Waals surface area contributed by atoms with Crippen LogP contribution in [0.3, 0.4) is 0 Å². The lowest BCUT2D eigenvalue weighted by atomic mass is 10.2. The van der Waals surface area contributed by atoms with Crippen LogP contribution in [-0.4, -0.2) is 19.0 Å². The molecule has 13 heavy (non-hydrogen) atoms. The van der Waals surface area contributed by atoms with E-state index in [-0.39, 0.29) is 5.91 Å². The van der Waals surface area contributed by atoms with Crippen LogP contribution >= 0.6 is 0 Å². The molecule has 3 nitrogen and oxygen atoms in total. The standard InChI is InChI=1S/C10H20N2O/c11-7-1-4-10(13)12-8-2-3-9-5-6-9/h9H,1-8,11H2,(H,12,13). The van der Waals surface area contributed by atoms with Gasteiger partial charge < -0.3 is 11.1 Å². The van der Waals surface area contributed by atoms with Crippen molar-refractivity contribution in [3.63, 3.8) is 0 Å². The van der Waals surface area contributed by atoms with Gasteiger partial charge in [-0.1, -0.05) is 12.8 Å². The van der Waals surface area contributed by atoms with Crippen LogP contribution in [0.5, 0.6) is 0 Å². The first-order valence-corrected chi connectivity index (χ1v) is 5.29. The first kappa shape index (κ1) is 10.5. The summed E-state index contributed by atoms with van der Waals surface area (Å²) in [6.45, 7) is 1.45. The minimum absolute atomic E-state index is 0.154. The molecule has 1 amide bonds. The lowest BCUT2D eigenvalue weighted by molar-refractivity contribution is -0.121. The molecular weight excluding hydrogens is 164 g/mol. The van der Waals surface area contributed by atoms with Gasteiger partial charge in [0.05, 0.1) is 0 Å². The van der Waals surface area contributed by atoms with E-state index in [0.717, 1.165) is 25.3 Å². The van der Waals surface area contributed by atoms with E-state index in [0.29, 0.717) is 13.0 Å². The number of nitrogens with one attached hydrogen (secondary N) is 1. The van der Waals surface area contributed by atoms with Gasteiger partial charge in [0.15, 0.2) is 0 Å². The van der Waals surface area contributed by atoms with Gasteiger partial charge in [-0.05, 0) is 31.7 Å². The fraction of sp³-hybridized carbons (Fsp3) is 0.900. The highest BCUT2D eigenvalue weighted by Gasteiger charge is 2.19. The molecule has 0 saturated heterocycles. The zero-order valence-electron chi connectivity index (χ0n) is 8.22. The van der Waals surface area contributed by atoms with Crippen molar-refractivity contribution in [1.82, 2.24) is 5.32 Å². The van der Waals surface area contributed by atoms with E-state index >= 15 is 0 Å². The van der Waals surface area contributed by atoms with Crippen molar-refractivity contribution in [2.45, 2.75) is 38.5 Å². The van der Waals surface area contributed by atoms with E-state index in [2.05, 4.69) is 5.32 Å². The normalized spacial score (nSPS) is 15.8. The average Bonchev–Trinajstić information content (AvgIpc) is 2.92. The van der Waals surface area contributed by atoms with Gasteiger partial charge in [-0.3, -0.25) is 4.79 Å². The topological polar surface area (TPSA) is 55.1 Å². The SMILES string of the molecule is NCCCC(=O)NCCCC1CC1. The van der Waals surface area contributed by atoms with E-state index in [4.69, 9.17) is 5.73 Å². The third kappa shape index (κ3) is 5.64. The van der Waals surface area contributed by atoms with Crippen molar-refractivity contribution >= 4 is 5.91 Å². The van der Waals surface area contributed by atoms with Crippen LogP contribution in [0.15, 0.2) is 0 Å². The summed E-state index contributed by atoms with van der Waals surface area (Å²) in [5.74, 6) is 1.13. The van der Waals surface area contributed by atoms with Gasteiger partial charge in [0, 0.05) is 13.0 Å². The maximum atomic E-state index is 11.1. The molecule has 0 heterocycles. The molecule has 0 spiro atoms. The van der Waals surface area contributed by atoms with Gasteiger partial charge in [-0.2, -0.15) is 0 Å². The quantitative estimate of drug-likeness (QED) is 0.581. The van der Waals surface area contributed by atoms with Crippen molar-refractivity contribution in [2.24, 2.45) is 11.7 Å². The molecule has 1 saturated carbocycles. The van der Waals surface area contributed by atoms with Gasteiger partial charge in [0.1, 0.15) is 0 Å². The van der Waals surface area contributed by atoms with Crippen LogP contribution in [0.1, 0.15) is 38.5 Å². The molecule has 1 fully saturated rings. The van der Waals surface area contributed by atoms with Gasteiger partial charge in [-0.25, -0.2) is 0 Å². The molecule has 0 aliphatic heterocycles. The second-order valence-corrected chi connectivity index (χ2v) is 3.83. The zero-order valence-corrected chi connectivity index (χ0v) is 8.22. The molecule has 76 valence electrons. The Labute approximate surface area is 80.1 Å². The average molecular weight is 184 g/mol. The third-order valence-electron chi connectivity index (χ3n) is 2.42. The summed E-state index contributed by atoms with van der Waals surface area (Å²) in [4.78, 5) is 11.1. The van der Waals surface area contributed by atoms with Crippen LogP contribution in [0, 0.1) is 5.92 Å². The Kier molecular flexibility index (Phi) is 4.83. The minimum Gasteiger partial charge on any atom is -0.356 e. The molecule has 3 heteroatoms. The molecule has 0 aromatic carbocycles. The molecular formula is C10H20N2O. The van der Waals surface area contributed by atoms with Crippen molar-refractivity contribution in [2.75, 3.05) is 13.1 Å².